The Kier molecular flexibility index (Phi) is 4.66. The first-order valence-electron chi connectivity index (χ1n) is 6.91. The monoisotopic (exact) mass is 284 g/mol. The highest BCUT2D eigenvalue weighted by Crippen LogP contribution is 2.32. The van der Waals surface area contributed by atoms with Crippen LogP contribution < -0.4 is 0 Å². The summed E-state index contributed by atoms with van der Waals surface area (Å²) in [7, 11) is 0. The number of hydrogen-bond acceptors (Lipinski definition) is 2. The lowest BCUT2D eigenvalue weighted by Crippen LogP contribution is -2.19. The maximum Gasteiger partial charge on any atom is 0.199 e. The largest absolute Gasteiger partial charge is 0.286 e. The van der Waals surface area contributed by atoms with Gasteiger partial charge in [0.2, 0.25) is 0 Å². The fraction of sp³-hybridized carbons (Fsp3) is 0.278. The van der Waals surface area contributed by atoms with Crippen LogP contribution in [-0.4, -0.2) is 5.12 Å². The molecule has 1 nitrogen and oxygen atoms in total. The van der Waals surface area contributed by atoms with Crippen LogP contribution in [0, 0.1) is 5.41 Å². The van der Waals surface area contributed by atoms with E-state index in [9.17, 15) is 4.79 Å². The van der Waals surface area contributed by atoms with Gasteiger partial charge in [-0.2, -0.15) is 0 Å². The Morgan fingerprint density at radius 1 is 0.950 bits per heavy atom. The number of benzene rings is 2. The van der Waals surface area contributed by atoms with E-state index in [1.54, 1.807) is 0 Å². The highest BCUT2D eigenvalue weighted by atomic mass is 32.2. The predicted octanol–water partition coefficient (Wildman–Crippen LogP) is 5.41. The molecule has 0 saturated heterocycles. The van der Waals surface area contributed by atoms with Gasteiger partial charge < -0.3 is 0 Å². The number of thioether (sulfide) groups is 1. The molecule has 0 aromatic heterocycles. The first kappa shape index (κ1) is 14.9. The quantitative estimate of drug-likeness (QED) is 0.698. The summed E-state index contributed by atoms with van der Waals surface area (Å²) in [4.78, 5) is 13.2. The van der Waals surface area contributed by atoms with E-state index < -0.39 is 0 Å². The van der Waals surface area contributed by atoms with Crippen LogP contribution in [0.3, 0.4) is 0 Å². The van der Waals surface area contributed by atoms with Gasteiger partial charge in [0.25, 0.3) is 0 Å². The lowest BCUT2D eigenvalue weighted by Gasteiger charge is -2.19. The van der Waals surface area contributed by atoms with Crippen molar-refractivity contribution < 1.29 is 4.79 Å². The van der Waals surface area contributed by atoms with E-state index in [0.717, 1.165) is 11.3 Å². The topological polar surface area (TPSA) is 17.1 Å². The first-order chi connectivity index (χ1) is 9.53. The second-order valence-corrected chi connectivity index (χ2v) is 6.56. The molecule has 0 aliphatic heterocycles. The summed E-state index contributed by atoms with van der Waals surface area (Å²) in [6.07, 6.45) is 0.862. The summed E-state index contributed by atoms with van der Waals surface area (Å²) < 4.78 is 0. The maximum atomic E-state index is 12.2. The van der Waals surface area contributed by atoms with Gasteiger partial charge in [0.1, 0.15) is 0 Å². The molecule has 0 N–H and O–H groups in total. The Bertz CT molecular complexity index is 570. The van der Waals surface area contributed by atoms with Crippen molar-refractivity contribution in [2.45, 2.75) is 32.1 Å². The van der Waals surface area contributed by atoms with E-state index in [4.69, 9.17) is 0 Å². The molecule has 2 aromatic rings. The molecular weight excluding hydrogens is 264 g/mol. The fourth-order valence-corrected chi connectivity index (χ4v) is 2.64. The highest BCUT2D eigenvalue weighted by Gasteiger charge is 2.25. The second kappa shape index (κ2) is 6.27. The predicted molar refractivity (Wildman–Crippen MR) is 86.8 cm³/mol. The Morgan fingerprint density at radius 2 is 1.50 bits per heavy atom. The molecule has 0 heterocycles. The average molecular weight is 284 g/mol. The Balaban J connectivity index is 2.12. The Morgan fingerprint density at radius 3 is 2.05 bits per heavy atom. The standard InChI is InChI=1S/C18H20OS/c1-4-18(2,3)17(19)20-16-12-10-15(11-13-16)14-8-6-5-7-9-14/h5-13H,4H2,1-3H3. The molecule has 0 unspecified atom stereocenters. The minimum absolute atomic E-state index is 0.229. The molecule has 0 bridgehead atoms. The van der Waals surface area contributed by atoms with E-state index in [0.29, 0.717) is 0 Å². The second-order valence-electron chi connectivity index (χ2n) is 5.52. The van der Waals surface area contributed by atoms with Gasteiger partial charge >= 0.3 is 0 Å². The molecule has 0 aliphatic rings. The fourth-order valence-electron chi connectivity index (χ4n) is 1.74. The van der Waals surface area contributed by atoms with Gasteiger partial charge in [-0.3, -0.25) is 4.79 Å². The molecule has 20 heavy (non-hydrogen) atoms. The highest BCUT2D eigenvalue weighted by molar-refractivity contribution is 8.13. The Labute approximate surface area is 125 Å². The van der Waals surface area contributed by atoms with Crippen LogP contribution in [0.4, 0.5) is 0 Å². The SMILES string of the molecule is CCC(C)(C)C(=O)Sc1ccc(-c2ccccc2)cc1. The van der Waals surface area contributed by atoms with E-state index in [-0.39, 0.29) is 10.5 Å². The van der Waals surface area contributed by atoms with Crippen molar-refractivity contribution in [3.8, 4) is 11.1 Å². The van der Waals surface area contributed by atoms with Crippen LogP contribution in [-0.2, 0) is 4.79 Å². The maximum absolute atomic E-state index is 12.2. The van der Waals surface area contributed by atoms with Gasteiger partial charge in [0.05, 0.1) is 0 Å². The van der Waals surface area contributed by atoms with Gasteiger partial charge in [-0.15, -0.1) is 0 Å². The number of carbonyl (C=O) groups is 1. The van der Waals surface area contributed by atoms with E-state index in [1.807, 2.05) is 44.2 Å². The molecule has 0 saturated carbocycles. The molecule has 0 amide bonds. The van der Waals surface area contributed by atoms with Crippen molar-refractivity contribution in [2.75, 3.05) is 0 Å². The van der Waals surface area contributed by atoms with Crippen molar-refractivity contribution in [1.29, 1.82) is 0 Å². The smallest absolute Gasteiger partial charge is 0.199 e. The zero-order chi connectivity index (χ0) is 14.6. The molecule has 0 atom stereocenters. The molecule has 0 aliphatic carbocycles. The van der Waals surface area contributed by atoms with Crippen LogP contribution in [0.15, 0.2) is 59.5 Å². The van der Waals surface area contributed by atoms with Gasteiger partial charge in [0, 0.05) is 10.3 Å². The summed E-state index contributed by atoms with van der Waals surface area (Å²) in [5.41, 5.74) is 2.12. The van der Waals surface area contributed by atoms with Gasteiger partial charge in [-0.05, 0) is 29.7 Å². The van der Waals surface area contributed by atoms with Crippen molar-refractivity contribution in [2.24, 2.45) is 5.41 Å². The molecule has 104 valence electrons. The van der Waals surface area contributed by atoms with Crippen LogP contribution in [0.5, 0.6) is 0 Å². The van der Waals surface area contributed by atoms with Gasteiger partial charge in [0.15, 0.2) is 5.12 Å². The lowest BCUT2D eigenvalue weighted by molar-refractivity contribution is -0.118. The average Bonchev–Trinajstić information content (AvgIpc) is 2.49. The summed E-state index contributed by atoms with van der Waals surface area (Å²) in [5.74, 6) is 0. The third kappa shape index (κ3) is 3.51. The van der Waals surface area contributed by atoms with Crippen molar-refractivity contribution >= 4 is 16.9 Å². The van der Waals surface area contributed by atoms with Crippen LogP contribution in [0.1, 0.15) is 27.2 Å². The molecular formula is C18H20OS. The Hall–Kier alpha value is -1.54. The van der Waals surface area contributed by atoms with Gasteiger partial charge in [-0.25, -0.2) is 0 Å². The summed E-state index contributed by atoms with van der Waals surface area (Å²) >= 11 is 1.34. The number of hydrogen-bond donors (Lipinski definition) is 0. The normalized spacial score (nSPS) is 11.3. The molecule has 0 radical (unpaired) electrons. The lowest BCUT2D eigenvalue weighted by atomic mass is 9.92. The van der Waals surface area contributed by atoms with E-state index in [2.05, 4.69) is 31.2 Å². The minimum Gasteiger partial charge on any atom is -0.286 e. The summed E-state index contributed by atoms with van der Waals surface area (Å²) in [6, 6.07) is 18.5. The van der Waals surface area contributed by atoms with Crippen LogP contribution in [0.2, 0.25) is 0 Å². The van der Waals surface area contributed by atoms with E-state index >= 15 is 0 Å². The summed E-state index contributed by atoms with van der Waals surface area (Å²) in [6.45, 7) is 6.05. The summed E-state index contributed by atoms with van der Waals surface area (Å²) in [5, 5.41) is 0.229. The zero-order valence-corrected chi connectivity index (χ0v) is 13.0. The molecule has 2 heteroatoms. The van der Waals surface area contributed by atoms with Crippen LogP contribution in [0.25, 0.3) is 11.1 Å². The zero-order valence-electron chi connectivity index (χ0n) is 12.2. The molecule has 0 fully saturated rings. The third-order valence-electron chi connectivity index (χ3n) is 3.61. The van der Waals surface area contributed by atoms with Gasteiger partial charge in [-0.1, -0.05) is 75.0 Å². The first-order valence-corrected chi connectivity index (χ1v) is 7.72. The van der Waals surface area contributed by atoms with Crippen molar-refractivity contribution in [3.63, 3.8) is 0 Å². The van der Waals surface area contributed by atoms with Crippen molar-refractivity contribution in [3.05, 3.63) is 54.6 Å². The number of carbonyl (C=O) groups excluding carboxylic acids is 1. The van der Waals surface area contributed by atoms with E-state index in [1.165, 1.54) is 22.9 Å². The van der Waals surface area contributed by atoms with Crippen LogP contribution >= 0.6 is 11.8 Å². The molecule has 2 aromatic carbocycles. The number of rotatable bonds is 4. The molecule has 0 spiro atoms. The molecule has 2 rings (SSSR count). The minimum atomic E-state index is -0.261. The van der Waals surface area contributed by atoms with Crippen molar-refractivity contribution in [1.82, 2.24) is 0 Å². The third-order valence-corrected chi connectivity index (χ3v) is 4.85.